The van der Waals surface area contributed by atoms with Crippen molar-refractivity contribution in [2.75, 3.05) is 0 Å². The lowest BCUT2D eigenvalue weighted by molar-refractivity contribution is 0.103. The number of carbonyl (C=O) groups excluding carboxylic acids is 1. The SMILES string of the molecule is CC1CC2=C(O1)c1cccc3cccc(c13)C2=O. The molecular weight excluding hydrogens is 224 g/mol. The molecule has 2 heteroatoms. The zero-order chi connectivity index (χ0) is 12.3. The van der Waals surface area contributed by atoms with Gasteiger partial charge in [-0.05, 0) is 12.3 Å². The molecule has 1 unspecified atom stereocenters. The van der Waals surface area contributed by atoms with Gasteiger partial charge < -0.3 is 4.74 Å². The first-order valence-electron chi connectivity index (χ1n) is 6.22. The summed E-state index contributed by atoms with van der Waals surface area (Å²) in [6.45, 7) is 2.01. The van der Waals surface area contributed by atoms with Crippen LogP contribution in [0.1, 0.15) is 29.3 Å². The molecule has 0 bridgehead atoms. The van der Waals surface area contributed by atoms with Crippen molar-refractivity contribution in [2.45, 2.75) is 19.4 Å². The molecule has 1 heterocycles. The van der Waals surface area contributed by atoms with E-state index in [1.807, 2.05) is 43.3 Å². The predicted molar refractivity (Wildman–Crippen MR) is 70.4 cm³/mol. The highest BCUT2D eigenvalue weighted by molar-refractivity contribution is 6.24. The maximum Gasteiger partial charge on any atom is 0.193 e. The van der Waals surface area contributed by atoms with E-state index in [0.29, 0.717) is 0 Å². The molecule has 4 rings (SSSR count). The van der Waals surface area contributed by atoms with Crippen LogP contribution in [0, 0.1) is 0 Å². The molecular formula is C16H12O2. The summed E-state index contributed by atoms with van der Waals surface area (Å²) in [5, 5.41) is 2.14. The molecule has 0 saturated heterocycles. The molecule has 0 fully saturated rings. The van der Waals surface area contributed by atoms with E-state index in [9.17, 15) is 4.79 Å². The van der Waals surface area contributed by atoms with Gasteiger partial charge in [-0.25, -0.2) is 0 Å². The number of ether oxygens (including phenoxy) is 1. The van der Waals surface area contributed by atoms with Crippen LogP contribution in [0.25, 0.3) is 16.5 Å². The van der Waals surface area contributed by atoms with Gasteiger partial charge in [0.25, 0.3) is 0 Å². The third kappa shape index (κ3) is 1.10. The molecule has 2 aliphatic rings. The van der Waals surface area contributed by atoms with Gasteiger partial charge in [0.2, 0.25) is 0 Å². The molecule has 1 aliphatic heterocycles. The van der Waals surface area contributed by atoms with Gasteiger partial charge in [0, 0.05) is 28.5 Å². The van der Waals surface area contributed by atoms with Gasteiger partial charge >= 0.3 is 0 Å². The summed E-state index contributed by atoms with van der Waals surface area (Å²) in [6, 6.07) is 12.0. The highest BCUT2D eigenvalue weighted by Gasteiger charge is 2.34. The number of ketones is 1. The number of carbonyl (C=O) groups is 1. The number of rotatable bonds is 0. The van der Waals surface area contributed by atoms with Crippen molar-refractivity contribution in [3.63, 3.8) is 0 Å². The Morgan fingerprint density at radius 2 is 1.83 bits per heavy atom. The molecule has 0 N–H and O–H groups in total. The maximum absolute atomic E-state index is 12.5. The third-order valence-electron chi connectivity index (χ3n) is 3.75. The Kier molecular flexibility index (Phi) is 1.77. The Morgan fingerprint density at radius 1 is 1.11 bits per heavy atom. The van der Waals surface area contributed by atoms with Crippen molar-refractivity contribution in [2.24, 2.45) is 0 Å². The van der Waals surface area contributed by atoms with Crippen molar-refractivity contribution in [1.82, 2.24) is 0 Å². The van der Waals surface area contributed by atoms with Gasteiger partial charge in [0.15, 0.2) is 5.78 Å². The van der Waals surface area contributed by atoms with E-state index >= 15 is 0 Å². The molecule has 2 aromatic rings. The number of hydrogen-bond acceptors (Lipinski definition) is 2. The number of fused-ring (bicyclic) bond motifs is 1. The normalized spacial score (nSPS) is 21.2. The molecule has 1 atom stereocenters. The predicted octanol–water partition coefficient (Wildman–Crippen LogP) is 3.56. The second-order valence-electron chi connectivity index (χ2n) is 4.98. The number of hydrogen-bond donors (Lipinski definition) is 0. The first-order chi connectivity index (χ1) is 8.75. The summed E-state index contributed by atoms with van der Waals surface area (Å²) < 4.78 is 5.84. The van der Waals surface area contributed by atoms with Gasteiger partial charge in [-0.3, -0.25) is 4.79 Å². The molecule has 2 aromatic carbocycles. The lowest BCUT2D eigenvalue weighted by Crippen LogP contribution is -2.10. The number of Topliss-reactive ketones (excluding diaryl/α,β-unsaturated/α-hetero) is 1. The van der Waals surface area contributed by atoms with E-state index in [0.717, 1.165) is 39.7 Å². The molecule has 1 aliphatic carbocycles. The average molecular weight is 236 g/mol. The zero-order valence-corrected chi connectivity index (χ0v) is 10.1. The highest BCUT2D eigenvalue weighted by Crippen LogP contribution is 2.42. The van der Waals surface area contributed by atoms with Gasteiger partial charge in [-0.1, -0.05) is 36.4 Å². The van der Waals surface area contributed by atoms with Gasteiger partial charge in [-0.15, -0.1) is 0 Å². The Hall–Kier alpha value is -2.09. The maximum atomic E-state index is 12.5. The molecule has 0 aromatic heterocycles. The van der Waals surface area contributed by atoms with Crippen molar-refractivity contribution in [3.8, 4) is 0 Å². The second kappa shape index (κ2) is 3.22. The monoisotopic (exact) mass is 236 g/mol. The summed E-state index contributed by atoms with van der Waals surface area (Å²) in [4.78, 5) is 12.5. The smallest absolute Gasteiger partial charge is 0.193 e. The van der Waals surface area contributed by atoms with E-state index in [-0.39, 0.29) is 11.9 Å². The van der Waals surface area contributed by atoms with Crippen LogP contribution < -0.4 is 0 Å². The minimum atomic E-state index is 0.100. The largest absolute Gasteiger partial charge is 0.489 e. The molecule has 0 saturated carbocycles. The zero-order valence-electron chi connectivity index (χ0n) is 10.1. The second-order valence-corrected chi connectivity index (χ2v) is 4.98. The molecule has 2 nitrogen and oxygen atoms in total. The van der Waals surface area contributed by atoms with Crippen LogP contribution in [-0.4, -0.2) is 11.9 Å². The Morgan fingerprint density at radius 3 is 2.61 bits per heavy atom. The molecule has 0 spiro atoms. The van der Waals surface area contributed by atoms with Crippen LogP contribution in [0.15, 0.2) is 42.0 Å². The summed E-state index contributed by atoms with van der Waals surface area (Å²) >= 11 is 0. The van der Waals surface area contributed by atoms with Crippen LogP contribution in [-0.2, 0) is 4.74 Å². The van der Waals surface area contributed by atoms with Gasteiger partial charge in [0.1, 0.15) is 11.9 Å². The summed E-state index contributed by atoms with van der Waals surface area (Å²) in [5.74, 6) is 0.940. The Bertz CT molecular complexity index is 720. The Labute approximate surface area is 105 Å². The van der Waals surface area contributed by atoms with Gasteiger partial charge in [-0.2, -0.15) is 0 Å². The van der Waals surface area contributed by atoms with Crippen LogP contribution in [0.4, 0.5) is 0 Å². The van der Waals surface area contributed by atoms with E-state index < -0.39 is 0 Å². The van der Waals surface area contributed by atoms with E-state index in [2.05, 4.69) is 0 Å². The van der Waals surface area contributed by atoms with Gasteiger partial charge in [0.05, 0.1) is 0 Å². The molecule has 18 heavy (non-hydrogen) atoms. The molecule has 88 valence electrons. The highest BCUT2D eigenvalue weighted by atomic mass is 16.5. The summed E-state index contributed by atoms with van der Waals surface area (Å²) in [5.41, 5.74) is 2.73. The minimum Gasteiger partial charge on any atom is -0.489 e. The molecule has 0 radical (unpaired) electrons. The molecule has 0 amide bonds. The fourth-order valence-electron chi connectivity index (χ4n) is 3.00. The van der Waals surface area contributed by atoms with Crippen LogP contribution in [0.5, 0.6) is 0 Å². The van der Waals surface area contributed by atoms with Crippen molar-refractivity contribution in [3.05, 3.63) is 53.1 Å². The van der Waals surface area contributed by atoms with Crippen LogP contribution in [0.3, 0.4) is 0 Å². The Balaban J connectivity index is 2.14. The van der Waals surface area contributed by atoms with E-state index in [1.165, 1.54) is 0 Å². The van der Waals surface area contributed by atoms with Crippen LogP contribution in [0.2, 0.25) is 0 Å². The fourth-order valence-corrected chi connectivity index (χ4v) is 3.00. The number of benzene rings is 2. The fraction of sp³-hybridized carbons (Fsp3) is 0.188. The standard InChI is InChI=1S/C16H12O2/c1-9-8-13-15(17)11-6-2-4-10-5-3-7-12(14(10)11)16(13)18-9/h2-7,9H,8H2,1H3. The quantitative estimate of drug-likeness (QED) is 0.699. The first-order valence-corrected chi connectivity index (χ1v) is 6.22. The van der Waals surface area contributed by atoms with E-state index in [4.69, 9.17) is 4.74 Å². The lowest BCUT2D eigenvalue weighted by atomic mass is 9.86. The van der Waals surface area contributed by atoms with Crippen molar-refractivity contribution < 1.29 is 9.53 Å². The van der Waals surface area contributed by atoms with Crippen molar-refractivity contribution in [1.29, 1.82) is 0 Å². The summed E-state index contributed by atoms with van der Waals surface area (Å²) in [7, 11) is 0. The lowest BCUT2D eigenvalue weighted by Gasteiger charge is -2.17. The van der Waals surface area contributed by atoms with Crippen LogP contribution >= 0.6 is 0 Å². The van der Waals surface area contributed by atoms with Crippen molar-refractivity contribution >= 4 is 22.3 Å². The average Bonchev–Trinajstić information content (AvgIpc) is 2.78. The summed E-state index contributed by atoms with van der Waals surface area (Å²) in [6.07, 6.45) is 0.822. The minimum absolute atomic E-state index is 0.100. The third-order valence-corrected chi connectivity index (χ3v) is 3.75. The first kappa shape index (κ1) is 9.89. The van der Waals surface area contributed by atoms with E-state index in [1.54, 1.807) is 0 Å². The topological polar surface area (TPSA) is 26.3 Å².